The number of nitrogens with zero attached hydrogens (tertiary/aromatic N) is 1. The summed E-state index contributed by atoms with van der Waals surface area (Å²) in [6.45, 7) is 1.19. The Morgan fingerprint density at radius 3 is 2.32 bits per heavy atom. The minimum Gasteiger partial charge on any atom is -0.392 e. The van der Waals surface area contributed by atoms with E-state index in [4.69, 9.17) is 0 Å². The van der Waals surface area contributed by atoms with Crippen LogP contribution in [0.3, 0.4) is 0 Å². The van der Waals surface area contributed by atoms with Crippen LogP contribution in [0.25, 0.3) is 0 Å². The van der Waals surface area contributed by atoms with Crippen molar-refractivity contribution < 1.29 is 13.5 Å². The van der Waals surface area contributed by atoms with Gasteiger partial charge in [-0.05, 0) is 25.7 Å². The standard InChI is InChI=1S/C13H26N2O3S/c1-19(17,18)15-9-7-11(8-10-15)14-12-5-3-2-4-6-13(12)16/h11-14,16H,2-10H2,1H3. The van der Waals surface area contributed by atoms with Crippen LogP contribution in [0, 0.1) is 0 Å². The molecule has 2 aliphatic rings. The summed E-state index contributed by atoms with van der Waals surface area (Å²) in [6.07, 6.45) is 8.15. The van der Waals surface area contributed by atoms with Gasteiger partial charge in [-0.3, -0.25) is 0 Å². The smallest absolute Gasteiger partial charge is 0.211 e. The lowest BCUT2D eigenvalue weighted by molar-refractivity contribution is 0.107. The molecule has 1 saturated carbocycles. The summed E-state index contributed by atoms with van der Waals surface area (Å²) in [5, 5.41) is 13.6. The van der Waals surface area contributed by atoms with Crippen LogP contribution in [0.2, 0.25) is 0 Å². The molecule has 5 nitrogen and oxygen atoms in total. The van der Waals surface area contributed by atoms with E-state index in [-0.39, 0.29) is 12.1 Å². The van der Waals surface area contributed by atoms with Crippen LogP contribution in [0.1, 0.15) is 44.9 Å². The Balaban J connectivity index is 1.81. The quantitative estimate of drug-likeness (QED) is 0.751. The van der Waals surface area contributed by atoms with Gasteiger partial charge < -0.3 is 10.4 Å². The monoisotopic (exact) mass is 290 g/mol. The van der Waals surface area contributed by atoms with Gasteiger partial charge in [0.25, 0.3) is 0 Å². The Hall–Kier alpha value is -0.170. The lowest BCUT2D eigenvalue weighted by Gasteiger charge is -2.34. The molecule has 1 saturated heterocycles. The molecule has 112 valence electrons. The van der Waals surface area contributed by atoms with Crippen molar-refractivity contribution in [2.45, 2.75) is 63.1 Å². The largest absolute Gasteiger partial charge is 0.392 e. The number of rotatable bonds is 3. The molecule has 0 aromatic carbocycles. The number of aliphatic hydroxyl groups is 1. The molecule has 2 atom stereocenters. The second-order valence-corrected chi connectivity index (χ2v) is 7.90. The summed E-state index contributed by atoms with van der Waals surface area (Å²) in [5.74, 6) is 0. The molecule has 0 spiro atoms. The summed E-state index contributed by atoms with van der Waals surface area (Å²) in [4.78, 5) is 0. The fourth-order valence-electron chi connectivity index (χ4n) is 3.14. The maximum Gasteiger partial charge on any atom is 0.211 e. The van der Waals surface area contributed by atoms with Gasteiger partial charge in [-0.15, -0.1) is 0 Å². The van der Waals surface area contributed by atoms with Crippen LogP contribution < -0.4 is 5.32 Å². The van der Waals surface area contributed by atoms with E-state index in [9.17, 15) is 13.5 Å². The Morgan fingerprint density at radius 1 is 1.05 bits per heavy atom. The van der Waals surface area contributed by atoms with Gasteiger partial charge in [0.1, 0.15) is 0 Å². The maximum absolute atomic E-state index is 11.4. The van der Waals surface area contributed by atoms with Gasteiger partial charge in [-0.2, -0.15) is 0 Å². The maximum atomic E-state index is 11.4. The molecule has 0 radical (unpaired) electrons. The third-order valence-corrected chi connectivity index (χ3v) is 5.66. The Labute approximate surface area is 116 Å². The van der Waals surface area contributed by atoms with Gasteiger partial charge in [0.2, 0.25) is 10.0 Å². The molecule has 0 aromatic rings. The first kappa shape index (κ1) is 15.2. The van der Waals surface area contributed by atoms with E-state index in [1.54, 1.807) is 4.31 Å². The van der Waals surface area contributed by atoms with E-state index in [0.29, 0.717) is 19.1 Å². The van der Waals surface area contributed by atoms with Crippen molar-refractivity contribution >= 4 is 10.0 Å². The summed E-state index contributed by atoms with van der Waals surface area (Å²) in [5.41, 5.74) is 0. The second-order valence-electron chi connectivity index (χ2n) is 5.91. The molecular weight excluding hydrogens is 264 g/mol. The zero-order valence-corrected chi connectivity index (χ0v) is 12.5. The summed E-state index contributed by atoms with van der Waals surface area (Å²) in [7, 11) is -3.04. The minimum atomic E-state index is -3.04. The number of aliphatic hydroxyl groups excluding tert-OH is 1. The van der Waals surface area contributed by atoms with Crippen molar-refractivity contribution in [1.82, 2.24) is 9.62 Å². The molecule has 0 bridgehead atoms. The first-order valence-corrected chi connectivity index (χ1v) is 9.21. The van der Waals surface area contributed by atoms with Crippen molar-refractivity contribution in [3.63, 3.8) is 0 Å². The molecule has 6 heteroatoms. The van der Waals surface area contributed by atoms with Crippen LogP contribution >= 0.6 is 0 Å². The second kappa shape index (κ2) is 6.52. The number of hydrogen-bond donors (Lipinski definition) is 2. The van der Waals surface area contributed by atoms with Gasteiger partial charge in [0.15, 0.2) is 0 Å². The predicted molar refractivity (Wildman–Crippen MR) is 75.5 cm³/mol. The van der Waals surface area contributed by atoms with E-state index in [2.05, 4.69) is 5.32 Å². The van der Waals surface area contributed by atoms with E-state index >= 15 is 0 Å². The Kier molecular flexibility index (Phi) is 5.22. The summed E-state index contributed by atoms with van der Waals surface area (Å²) >= 11 is 0. The molecule has 0 amide bonds. The molecule has 2 N–H and O–H groups in total. The third kappa shape index (κ3) is 4.41. The number of nitrogens with one attached hydrogen (secondary N) is 1. The number of hydrogen-bond acceptors (Lipinski definition) is 4. The molecule has 1 aliphatic heterocycles. The fourth-order valence-corrected chi connectivity index (χ4v) is 4.01. The molecular formula is C13H26N2O3S. The Bertz CT molecular complexity index is 377. The first-order chi connectivity index (χ1) is 8.97. The van der Waals surface area contributed by atoms with Gasteiger partial charge in [0, 0.05) is 25.2 Å². The lowest BCUT2D eigenvalue weighted by Crippen LogP contribution is -2.50. The molecule has 0 aromatic heterocycles. The predicted octanol–water partition coefficient (Wildman–Crippen LogP) is 0.694. The average Bonchev–Trinajstić information content (AvgIpc) is 2.55. The van der Waals surface area contributed by atoms with Crippen molar-refractivity contribution in [3.8, 4) is 0 Å². The topological polar surface area (TPSA) is 69.6 Å². The molecule has 19 heavy (non-hydrogen) atoms. The Morgan fingerprint density at radius 2 is 1.68 bits per heavy atom. The normalized spacial score (nSPS) is 32.1. The number of sulfonamides is 1. The first-order valence-electron chi connectivity index (χ1n) is 7.36. The van der Waals surface area contributed by atoms with Crippen LogP contribution in [-0.2, 0) is 10.0 Å². The highest BCUT2D eigenvalue weighted by Gasteiger charge is 2.28. The van der Waals surface area contributed by atoms with Crippen LogP contribution in [-0.4, -0.2) is 55.4 Å². The average molecular weight is 290 g/mol. The molecule has 2 fully saturated rings. The van der Waals surface area contributed by atoms with E-state index in [1.807, 2.05) is 0 Å². The number of piperidine rings is 1. The van der Waals surface area contributed by atoms with Crippen LogP contribution in [0.15, 0.2) is 0 Å². The highest BCUT2D eigenvalue weighted by molar-refractivity contribution is 7.88. The molecule has 2 rings (SSSR count). The van der Waals surface area contributed by atoms with E-state index in [0.717, 1.165) is 32.1 Å². The minimum absolute atomic E-state index is 0.192. The van der Waals surface area contributed by atoms with Gasteiger partial charge >= 0.3 is 0 Å². The van der Waals surface area contributed by atoms with Crippen LogP contribution in [0.5, 0.6) is 0 Å². The van der Waals surface area contributed by atoms with Gasteiger partial charge in [0.05, 0.1) is 12.4 Å². The molecule has 2 unspecified atom stereocenters. The van der Waals surface area contributed by atoms with E-state index in [1.165, 1.54) is 19.1 Å². The zero-order chi connectivity index (χ0) is 13.9. The molecule has 1 heterocycles. The van der Waals surface area contributed by atoms with Crippen molar-refractivity contribution in [1.29, 1.82) is 0 Å². The third-order valence-electron chi connectivity index (χ3n) is 4.35. The fraction of sp³-hybridized carbons (Fsp3) is 1.00. The SMILES string of the molecule is CS(=O)(=O)N1CCC(NC2CCCCCC2O)CC1. The zero-order valence-electron chi connectivity index (χ0n) is 11.7. The summed E-state index contributed by atoms with van der Waals surface area (Å²) < 4.78 is 24.4. The van der Waals surface area contributed by atoms with Crippen LogP contribution in [0.4, 0.5) is 0 Å². The highest BCUT2D eigenvalue weighted by Crippen LogP contribution is 2.21. The van der Waals surface area contributed by atoms with E-state index < -0.39 is 10.0 Å². The van der Waals surface area contributed by atoms with Gasteiger partial charge in [-0.1, -0.05) is 19.3 Å². The van der Waals surface area contributed by atoms with Crippen molar-refractivity contribution in [2.75, 3.05) is 19.3 Å². The highest BCUT2D eigenvalue weighted by atomic mass is 32.2. The van der Waals surface area contributed by atoms with Crippen molar-refractivity contribution in [2.24, 2.45) is 0 Å². The lowest BCUT2D eigenvalue weighted by atomic mass is 10.0. The van der Waals surface area contributed by atoms with Gasteiger partial charge in [-0.25, -0.2) is 12.7 Å². The molecule has 1 aliphatic carbocycles. The summed E-state index contributed by atoms with van der Waals surface area (Å²) in [6, 6.07) is 0.535. The van der Waals surface area contributed by atoms with Crippen molar-refractivity contribution in [3.05, 3.63) is 0 Å².